The van der Waals surface area contributed by atoms with Gasteiger partial charge in [-0.15, -0.1) is 0 Å². The number of ether oxygens (including phenoxy) is 3. The fraction of sp³-hybridized carbons (Fsp3) is 0.128. The fourth-order valence-electron chi connectivity index (χ4n) is 4.96. The summed E-state index contributed by atoms with van der Waals surface area (Å²) in [5.74, 6) is 1.38. The molecule has 1 saturated heterocycles. The summed E-state index contributed by atoms with van der Waals surface area (Å²) in [6.07, 6.45) is 1.77. The Balaban J connectivity index is 1.20. The minimum absolute atomic E-state index is 0.188. The third-order valence-electron chi connectivity index (χ3n) is 7.52. The average molecular weight is 696 g/mol. The van der Waals surface area contributed by atoms with Crippen molar-refractivity contribution in [2.45, 2.75) is 27.1 Å². The summed E-state index contributed by atoms with van der Waals surface area (Å²) in [6.45, 7) is 4.66. The summed E-state index contributed by atoms with van der Waals surface area (Å²) < 4.78 is 17.6. The zero-order valence-corrected chi connectivity index (χ0v) is 28.9. The normalized spacial score (nSPS) is 14.5. The van der Waals surface area contributed by atoms with Gasteiger partial charge in [0, 0.05) is 0 Å². The lowest BCUT2D eigenvalue weighted by molar-refractivity contribution is -0.113. The molecular weight excluding hydrogens is 663 g/mol. The zero-order valence-electron chi connectivity index (χ0n) is 26.6. The van der Waals surface area contributed by atoms with Gasteiger partial charge in [-0.3, -0.25) is 9.69 Å². The van der Waals surface area contributed by atoms with Crippen LogP contribution in [0, 0.1) is 13.8 Å². The van der Waals surface area contributed by atoms with E-state index in [1.165, 1.54) is 11.8 Å². The van der Waals surface area contributed by atoms with Crippen molar-refractivity contribution in [3.05, 3.63) is 152 Å². The molecule has 0 N–H and O–H groups in total. The van der Waals surface area contributed by atoms with Crippen molar-refractivity contribution in [2.75, 3.05) is 12.0 Å². The van der Waals surface area contributed by atoms with Crippen LogP contribution in [-0.2, 0) is 18.0 Å². The molecule has 48 heavy (non-hydrogen) atoms. The van der Waals surface area contributed by atoms with E-state index in [0.717, 1.165) is 33.6 Å². The average Bonchev–Trinajstić information content (AvgIpc) is 3.38. The van der Waals surface area contributed by atoms with Gasteiger partial charge in [0.15, 0.2) is 22.4 Å². The molecule has 1 fully saturated rings. The zero-order chi connectivity index (χ0) is 33.6. The summed E-state index contributed by atoms with van der Waals surface area (Å²) in [7, 11) is 1.60. The second kappa shape index (κ2) is 15.0. The monoisotopic (exact) mass is 694 g/mol. The number of hydrogen-bond donors (Lipinski definition) is 0. The Bertz CT molecular complexity index is 1970. The number of thioether (sulfide) groups is 1. The number of amides is 1. The van der Waals surface area contributed by atoms with Gasteiger partial charge in [0.25, 0.3) is 5.91 Å². The molecule has 242 valence electrons. The van der Waals surface area contributed by atoms with Crippen LogP contribution in [0.25, 0.3) is 6.08 Å². The standard InChI is InChI=1S/C39H32Cl2N2O4S/c1-25-9-14-30(15-10-25)42-39-43(31-16-11-26(2)12-17-31)38(44)36(48-39)22-29-19-32(40)37(33(41)20-29)47-24-28-13-18-34(35(21-28)45-3)46-23-27-7-5-4-6-8-27/h4-22H,23-24H2,1-3H3/b36-22+,42-39?. The summed E-state index contributed by atoms with van der Waals surface area (Å²) in [4.78, 5) is 20.7. The number of carbonyl (C=O) groups excluding carboxylic acids is 1. The quantitative estimate of drug-likeness (QED) is 0.136. The number of aryl methyl sites for hydroxylation is 2. The van der Waals surface area contributed by atoms with E-state index in [-0.39, 0.29) is 12.5 Å². The lowest BCUT2D eigenvalue weighted by Crippen LogP contribution is -2.28. The first-order valence-electron chi connectivity index (χ1n) is 15.2. The largest absolute Gasteiger partial charge is 0.493 e. The second-order valence-corrected chi connectivity index (χ2v) is 13.0. The van der Waals surface area contributed by atoms with E-state index < -0.39 is 0 Å². The van der Waals surface area contributed by atoms with Crippen molar-refractivity contribution in [3.8, 4) is 17.2 Å². The molecule has 5 aromatic carbocycles. The third-order valence-corrected chi connectivity index (χ3v) is 9.05. The van der Waals surface area contributed by atoms with E-state index in [0.29, 0.717) is 49.5 Å². The number of amidine groups is 1. The molecule has 9 heteroatoms. The molecule has 0 aliphatic carbocycles. The lowest BCUT2D eigenvalue weighted by Gasteiger charge is -2.16. The minimum atomic E-state index is -0.188. The van der Waals surface area contributed by atoms with Crippen LogP contribution in [0.1, 0.15) is 27.8 Å². The first-order valence-corrected chi connectivity index (χ1v) is 16.8. The maximum Gasteiger partial charge on any atom is 0.271 e. The van der Waals surface area contributed by atoms with Crippen molar-refractivity contribution in [1.29, 1.82) is 0 Å². The third kappa shape index (κ3) is 7.88. The summed E-state index contributed by atoms with van der Waals surface area (Å²) in [5, 5.41) is 1.20. The van der Waals surface area contributed by atoms with E-state index in [1.807, 2.05) is 111 Å². The summed E-state index contributed by atoms with van der Waals surface area (Å²) in [5.41, 5.74) is 6.30. The molecule has 1 heterocycles. The molecule has 1 aliphatic heterocycles. The van der Waals surface area contributed by atoms with E-state index in [4.69, 9.17) is 42.4 Å². The molecule has 0 spiro atoms. The van der Waals surface area contributed by atoms with Gasteiger partial charge in [-0.25, -0.2) is 4.99 Å². The highest BCUT2D eigenvalue weighted by Gasteiger charge is 2.35. The predicted octanol–water partition coefficient (Wildman–Crippen LogP) is 10.6. The number of aliphatic imine (C=N–C) groups is 1. The molecule has 1 aliphatic rings. The van der Waals surface area contributed by atoms with Crippen LogP contribution in [0.5, 0.6) is 17.2 Å². The van der Waals surface area contributed by atoms with Crippen molar-refractivity contribution >= 4 is 63.5 Å². The number of benzene rings is 5. The van der Waals surface area contributed by atoms with Gasteiger partial charge in [-0.05, 0) is 96.9 Å². The molecule has 5 aromatic rings. The van der Waals surface area contributed by atoms with Crippen LogP contribution in [-0.4, -0.2) is 18.2 Å². The molecule has 0 saturated carbocycles. The number of nitrogens with zero attached hydrogens (tertiary/aromatic N) is 2. The second-order valence-electron chi connectivity index (χ2n) is 11.2. The Morgan fingerprint density at radius 3 is 2.06 bits per heavy atom. The molecule has 0 aromatic heterocycles. The smallest absolute Gasteiger partial charge is 0.271 e. The number of halogens is 2. The first-order chi connectivity index (χ1) is 23.3. The molecule has 0 atom stereocenters. The lowest BCUT2D eigenvalue weighted by atomic mass is 10.1. The van der Waals surface area contributed by atoms with Gasteiger partial charge in [0.2, 0.25) is 0 Å². The molecule has 0 unspecified atom stereocenters. The molecule has 6 nitrogen and oxygen atoms in total. The van der Waals surface area contributed by atoms with E-state index in [9.17, 15) is 4.79 Å². The Kier molecular flexibility index (Phi) is 10.4. The molecule has 1 amide bonds. The van der Waals surface area contributed by atoms with Gasteiger partial charge in [-0.1, -0.05) is 95.0 Å². The van der Waals surface area contributed by atoms with E-state index in [2.05, 4.69) is 0 Å². The number of anilines is 1. The van der Waals surface area contributed by atoms with Crippen molar-refractivity contribution in [1.82, 2.24) is 0 Å². The van der Waals surface area contributed by atoms with Crippen LogP contribution < -0.4 is 19.1 Å². The van der Waals surface area contributed by atoms with Gasteiger partial charge < -0.3 is 14.2 Å². The van der Waals surface area contributed by atoms with Gasteiger partial charge in [0.1, 0.15) is 13.2 Å². The maximum atomic E-state index is 13.8. The first kappa shape index (κ1) is 33.2. The highest BCUT2D eigenvalue weighted by molar-refractivity contribution is 8.19. The molecule has 0 radical (unpaired) electrons. The van der Waals surface area contributed by atoms with Crippen molar-refractivity contribution < 1.29 is 19.0 Å². The van der Waals surface area contributed by atoms with Crippen molar-refractivity contribution in [3.63, 3.8) is 0 Å². The Hall–Kier alpha value is -4.69. The fourth-order valence-corrected chi connectivity index (χ4v) is 6.58. The number of carbonyl (C=O) groups is 1. The van der Waals surface area contributed by atoms with Crippen molar-refractivity contribution in [2.24, 2.45) is 4.99 Å². The molecule has 6 rings (SSSR count). The number of methoxy groups -OCH3 is 1. The highest BCUT2D eigenvalue weighted by Crippen LogP contribution is 2.40. The van der Waals surface area contributed by atoms with Crippen LogP contribution in [0.4, 0.5) is 11.4 Å². The van der Waals surface area contributed by atoms with Crippen LogP contribution >= 0.6 is 35.0 Å². The topological polar surface area (TPSA) is 60.4 Å². The predicted molar refractivity (Wildman–Crippen MR) is 197 cm³/mol. The van der Waals surface area contributed by atoms with Gasteiger partial charge >= 0.3 is 0 Å². The maximum absolute atomic E-state index is 13.8. The Labute approximate surface area is 294 Å². The summed E-state index contributed by atoms with van der Waals surface area (Å²) >= 11 is 14.7. The molecular formula is C39H32Cl2N2O4S. The van der Waals surface area contributed by atoms with Crippen LogP contribution in [0.3, 0.4) is 0 Å². The highest BCUT2D eigenvalue weighted by atomic mass is 35.5. The van der Waals surface area contributed by atoms with E-state index >= 15 is 0 Å². The Morgan fingerprint density at radius 2 is 1.40 bits per heavy atom. The Morgan fingerprint density at radius 1 is 0.750 bits per heavy atom. The minimum Gasteiger partial charge on any atom is -0.493 e. The SMILES string of the molecule is COc1cc(COc2c(Cl)cc(/C=C3/SC(=Nc4ccc(C)cc4)N(c4ccc(C)cc4)C3=O)cc2Cl)ccc1OCc1ccccc1. The number of hydrogen-bond acceptors (Lipinski definition) is 6. The summed E-state index contributed by atoms with van der Waals surface area (Å²) in [6, 6.07) is 34.7. The van der Waals surface area contributed by atoms with E-state index in [1.54, 1.807) is 30.2 Å². The number of rotatable bonds is 10. The van der Waals surface area contributed by atoms with Crippen LogP contribution in [0.15, 0.2) is 119 Å². The van der Waals surface area contributed by atoms with Gasteiger partial charge in [-0.2, -0.15) is 0 Å². The molecule has 0 bridgehead atoms. The van der Waals surface area contributed by atoms with Gasteiger partial charge in [0.05, 0.1) is 33.4 Å². The van der Waals surface area contributed by atoms with Crippen LogP contribution in [0.2, 0.25) is 10.0 Å².